The molecule has 15 heavy (non-hydrogen) atoms. The van der Waals surface area contributed by atoms with E-state index in [0.717, 1.165) is 8.95 Å². The molecule has 0 aliphatic heterocycles. The van der Waals surface area contributed by atoms with Gasteiger partial charge in [-0.05, 0) is 50.4 Å². The summed E-state index contributed by atoms with van der Waals surface area (Å²) in [6.45, 7) is 3.55. The average Bonchev–Trinajstić information content (AvgIpc) is 2.22. The van der Waals surface area contributed by atoms with Crippen molar-refractivity contribution in [2.24, 2.45) is 0 Å². The van der Waals surface area contributed by atoms with Crippen LogP contribution in [0.15, 0.2) is 39.8 Å². The van der Waals surface area contributed by atoms with Crippen LogP contribution in [0, 0.1) is 0 Å². The summed E-state index contributed by atoms with van der Waals surface area (Å²) >= 11 is 6.67. The number of benzene rings is 1. The van der Waals surface area contributed by atoms with Crippen LogP contribution in [0.1, 0.15) is 12.8 Å². The number of hydrogen-bond donors (Lipinski definition) is 0. The molecule has 0 fully saturated rings. The van der Waals surface area contributed by atoms with Crippen molar-refractivity contribution < 1.29 is 9.53 Å². The molecule has 2 nitrogen and oxygen atoms in total. The first kappa shape index (κ1) is 12.5. The third-order valence-corrected chi connectivity index (χ3v) is 3.70. The minimum Gasteiger partial charge on any atom is -0.425 e. The van der Waals surface area contributed by atoms with E-state index in [1.165, 1.54) is 0 Å². The number of allylic oxidation sites excluding steroid dienone is 1. The SMILES string of the molecule is C=CCCC(=O)Oc1cccc(Br)c1Br. The predicted octanol–water partition coefficient (Wildman–Crippen LogP) is 4.08. The van der Waals surface area contributed by atoms with Gasteiger partial charge in [-0.15, -0.1) is 6.58 Å². The fraction of sp³-hybridized carbons (Fsp3) is 0.182. The van der Waals surface area contributed by atoms with Gasteiger partial charge in [-0.1, -0.05) is 12.1 Å². The fourth-order valence-electron chi connectivity index (χ4n) is 0.956. The van der Waals surface area contributed by atoms with Gasteiger partial charge in [0.1, 0.15) is 5.75 Å². The lowest BCUT2D eigenvalue weighted by atomic mass is 10.3. The van der Waals surface area contributed by atoms with Gasteiger partial charge in [0, 0.05) is 10.9 Å². The van der Waals surface area contributed by atoms with Gasteiger partial charge in [-0.2, -0.15) is 0 Å². The van der Waals surface area contributed by atoms with Crippen LogP contribution in [-0.2, 0) is 4.79 Å². The Morgan fingerprint density at radius 2 is 2.20 bits per heavy atom. The van der Waals surface area contributed by atoms with Gasteiger partial charge in [0.15, 0.2) is 0 Å². The molecule has 0 amide bonds. The number of halogens is 2. The van der Waals surface area contributed by atoms with E-state index in [4.69, 9.17) is 4.74 Å². The van der Waals surface area contributed by atoms with Gasteiger partial charge in [-0.25, -0.2) is 0 Å². The molecule has 0 aromatic heterocycles. The maximum Gasteiger partial charge on any atom is 0.311 e. The largest absolute Gasteiger partial charge is 0.425 e. The van der Waals surface area contributed by atoms with Crippen molar-refractivity contribution in [1.82, 2.24) is 0 Å². The highest BCUT2D eigenvalue weighted by Crippen LogP contribution is 2.32. The van der Waals surface area contributed by atoms with Crippen LogP contribution in [-0.4, -0.2) is 5.97 Å². The van der Waals surface area contributed by atoms with Gasteiger partial charge in [-0.3, -0.25) is 4.79 Å². The maximum absolute atomic E-state index is 11.3. The Morgan fingerprint density at radius 3 is 2.87 bits per heavy atom. The van der Waals surface area contributed by atoms with Gasteiger partial charge < -0.3 is 4.74 Å². The molecule has 80 valence electrons. The van der Waals surface area contributed by atoms with Gasteiger partial charge >= 0.3 is 5.97 Å². The lowest BCUT2D eigenvalue weighted by Gasteiger charge is -2.06. The lowest BCUT2D eigenvalue weighted by molar-refractivity contribution is -0.134. The zero-order valence-electron chi connectivity index (χ0n) is 8.00. The van der Waals surface area contributed by atoms with E-state index in [0.29, 0.717) is 18.6 Å². The molecule has 0 radical (unpaired) electrons. The van der Waals surface area contributed by atoms with Crippen LogP contribution in [0.25, 0.3) is 0 Å². The Balaban J connectivity index is 2.68. The van der Waals surface area contributed by atoms with Crippen LogP contribution in [0.4, 0.5) is 0 Å². The standard InChI is InChI=1S/C11H10Br2O2/c1-2-3-7-10(14)15-9-6-4-5-8(12)11(9)13/h2,4-6H,1,3,7H2. The molecule has 0 atom stereocenters. The third kappa shape index (κ3) is 3.80. The summed E-state index contributed by atoms with van der Waals surface area (Å²) in [5, 5.41) is 0. The van der Waals surface area contributed by atoms with Crippen molar-refractivity contribution in [3.8, 4) is 5.75 Å². The summed E-state index contributed by atoms with van der Waals surface area (Å²) in [5.41, 5.74) is 0. The molecular formula is C11H10Br2O2. The van der Waals surface area contributed by atoms with E-state index in [-0.39, 0.29) is 5.97 Å². The highest BCUT2D eigenvalue weighted by atomic mass is 79.9. The number of hydrogen-bond acceptors (Lipinski definition) is 2. The Labute approximate surface area is 106 Å². The molecule has 0 saturated heterocycles. The van der Waals surface area contributed by atoms with Crippen LogP contribution < -0.4 is 4.74 Å². The number of carbonyl (C=O) groups is 1. The summed E-state index contributed by atoms with van der Waals surface area (Å²) in [6, 6.07) is 5.41. The summed E-state index contributed by atoms with van der Waals surface area (Å²) in [7, 11) is 0. The first-order valence-corrected chi connectivity index (χ1v) is 5.99. The summed E-state index contributed by atoms with van der Waals surface area (Å²) < 4.78 is 6.77. The Morgan fingerprint density at radius 1 is 1.47 bits per heavy atom. The molecule has 0 spiro atoms. The molecule has 0 saturated carbocycles. The minimum atomic E-state index is -0.256. The maximum atomic E-state index is 11.3. The lowest BCUT2D eigenvalue weighted by Crippen LogP contribution is -2.07. The molecule has 1 aromatic rings. The molecule has 1 rings (SSSR count). The topological polar surface area (TPSA) is 26.3 Å². The molecule has 0 aliphatic carbocycles. The third-order valence-electron chi connectivity index (χ3n) is 1.69. The van der Waals surface area contributed by atoms with Crippen molar-refractivity contribution in [1.29, 1.82) is 0 Å². The second-order valence-electron chi connectivity index (χ2n) is 2.85. The Bertz CT molecular complexity index is 375. The smallest absolute Gasteiger partial charge is 0.311 e. The molecule has 0 heterocycles. The van der Waals surface area contributed by atoms with Crippen LogP contribution in [0.2, 0.25) is 0 Å². The number of ether oxygens (including phenoxy) is 1. The van der Waals surface area contributed by atoms with Gasteiger partial charge in [0.2, 0.25) is 0 Å². The molecule has 0 unspecified atom stereocenters. The van der Waals surface area contributed by atoms with Crippen LogP contribution >= 0.6 is 31.9 Å². The molecule has 4 heteroatoms. The molecule has 1 aromatic carbocycles. The van der Waals surface area contributed by atoms with Crippen molar-refractivity contribution in [3.05, 3.63) is 39.8 Å². The molecule has 0 aliphatic rings. The highest BCUT2D eigenvalue weighted by molar-refractivity contribution is 9.13. The van der Waals surface area contributed by atoms with Crippen LogP contribution in [0.3, 0.4) is 0 Å². The van der Waals surface area contributed by atoms with E-state index in [1.54, 1.807) is 12.1 Å². The van der Waals surface area contributed by atoms with Crippen molar-refractivity contribution in [2.45, 2.75) is 12.8 Å². The number of esters is 1. The van der Waals surface area contributed by atoms with E-state index in [1.807, 2.05) is 12.1 Å². The summed E-state index contributed by atoms with van der Waals surface area (Å²) in [6.07, 6.45) is 2.67. The van der Waals surface area contributed by atoms with E-state index < -0.39 is 0 Å². The Kier molecular flexibility index (Phi) is 5.05. The van der Waals surface area contributed by atoms with E-state index >= 15 is 0 Å². The highest BCUT2D eigenvalue weighted by Gasteiger charge is 2.08. The number of carbonyl (C=O) groups excluding carboxylic acids is 1. The van der Waals surface area contributed by atoms with E-state index in [9.17, 15) is 4.79 Å². The summed E-state index contributed by atoms with van der Waals surface area (Å²) in [5.74, 6) is 0.270. The second-order valence-corrected chi connectivity index (χ2v) is 4.50. The average molecular weight is 334 g/mol. The number of rotatable bonds is 4. The zero-order chi connectivity index (χ0) is 11.3. The van der Waals surface area contributed by atoms with Crippen LogP contribution in [0.5, 0.6) is 5.75 Å². The predicted molar refractivity (Wildman–Crippen MR) is 66.9 cm³/mol. The first-order valence-electron chi connectivity index (χ1n) is 4.40. The Hall–Kier alpha value is -0.610. The summed E-state index contributed by atoms with van der Waals surface area (Å²) in [4.78, 5) is 11.3. The van der Waals surface area contributed by atoms with Crippen molar-refractivity contribution in [2.75, 3.05) is 0 Å². The molecular weight excluding hydrogens is 324 g/mol. The van der Waals surface area contributed by atoms with Gasteiger partial charge in [0.05, 0.1) is 4.47 Å². The second kappa shape index (κ2) is 6.08. The van der Waals surface area contributed by atoms with Gasteiger partial charge in [0.25, 0.3) is 0 Å². The fourth-order valence-corrected chi connectivity index (χ4v) is 1.65. The van der Waals surface area contributed by atoms with Crippen molar-refractivity contribution >= 4 is 37.8 Å². The molecule has 0 N–H and O–H groups in total. The normalized spacial score (nSPS) is 9.73. The zero-order valence-corrected chi connectivity index (χ0v) is 11.2. The molecule has 0 bridgehead atoms. The quantitative estimate of drug-likeness (QED) is 0.471. The minimum absolute atomic E-state index is 0.256. The van der Waals surface area contributed by atoms with E-state index in [2.05, 4.69) is 38.4 Å². The first-order chi connectivity index (χ1) is 7.15. The monoisotopic (exact) mass is 332 g/mol. The van der Waals surface area contributed by atoms with Crippen molar-refractivity contribution in [3.63, 3.8) is 0 Å².